The van der Waals surface area contributed by atoms with Crippen molar-refractivity contribution in [3.8, 4) is 0 Å². The van der Waals surface area contributed by atoms with Crippen LogP contribution in [-0.4, -0.2) is 22.3 Å². The lowest BCUT2D eigenvalue weighted by Gasteiger charge is -2.04. The Morgan fingerprint density at radius 2 is 1.92 bits per heavy atom. The van der Waals surface area contributed by atoms with Gasteiger partial charge in [-0.1, -0.05) is 12.1 Å². The molecule has 0 fully saturated rings. The molecular formula is C9H11NO3. The number of hydrogen-bond donors (Lipinski definition) is 3. The largest absolute Gasteiger partial charge is 0.479 e. The van der Waals surface area contributed by atoms with E-state index in [0.29, 0.717) is 5.69 Å². The molecule has 0 aliphatic carbocycles. The molecule has 0 aliphatic rings. The lowest BCUT2D eigenvalue weighted by Crippen LogP contribution is -2.21. The van der Waals surface area contributed by atoms with Gasteiger partial charge < -0.3 is 15.9 Å². The monoisotopic (exact) mass is 181 g/mol. The third-order valence-corrected chi connectivity index (χ3v) is 1.69. The summed E-state index contributed by atoms with van der Waals surface area (Å²) < 4.78 is 0. The number of hydrogen-bond acceptors (Lipinski definition) is 3. The zero-order valence-electron chi connectivity index (χ0n) is 6.97. The first-order valence-electron chi connectivity index (χ1n) is 3.85. The minimum absolute atomic E-state index is 0.107. The molecule has 0 saturated heterocycles. The molecule has 0 heterocycles. The summed E-state index contributed by atoms with van der Waals surface area (Å²) in [5.74, 6) is -1.21. The molecular weight excluding hydrogens is 170 g/mol. The minimum atomic E-state index is -1.34. The Morgan fingerprint density at radius 1 is 1.38 bits per heavy atom. The van der Waals surface area contributed by atoms with Gasteiger partial charge in [-0.3, -0.25) is 0 Å². The molecule has 0 bridgehead atoms. The highest BCUT2D eigenvalue weighted by molar-refractivity contribution is 5.72. The third kappa shape index (κ3) is 2.76. The van der Waals surface area contributed by atoms with Crippen LogP contribution in [0.3, 0.4) is 0 Å². The Labute approximate surface area is 75.6 Å². The second-order valence-electron chi connectivity index (χ2n) is 2.80. The Hall–Kier alpha value is -1.55. The summed E-state index contributed by atoms with van der Waals surface area (Å²) >= 11 is 0. The van der Waals surface area contributed by atoms with Gasteiger partial charge in [0.2, 0.25) is 0 Å². The van der Waals surface area contributed by atoms with Gasteiger partial charge in [0.15, 0.2) is 6.10 Å². The van der Waals surface area contributed by atoms with Gasteiger partial charge in [-0.05, 0) is 17.7 Å². The van der Waals surface area contributed by atoms with E-state index in [4.69, 9.17) is 15.9 Å². The van der Waals surface area contributed by atoms with Gasteiger partial charge in [0, 0.05) is 12.1 Å². The summed E-state index contributed by atoms with van der Waals surface area (Å²) in [6.07, 6.45) is -1.24. The summed E-state index contributed by atoms with van der Waals surface area (Å²) in [4.78, 5) is 10.3. The first kappa shape index (κ1) is 9.54. The number of benzene rings is 1. The molecule has 1 unspecified atom stereocenters. The molecule has 0 aliphatic heterocycles. The summed E-state index contributed by atoms with van der Waals surface area (Å²) in [6.45, 7) is 0. The molecule has 0 saturated carbocycles. The van der Waals surface area contributed by atoms with E-state index in [-0.39, 0.29) is 6.42 Å². The average molecular weight is 181 g/mol. The maximum atomic E-state index is 10.3. The first-order valence-corrected chi connectivity index (χ1v) is 3.85. The van der Waals surface area contributed by atoms with E-state index >= 15 is 0 Å². The van der Waals surface area contributed by atoms with Gasteiger partial charge in [-0.15, -0.1) is 0 Å². The lowest BCUT2D eigenvalue weighted by molar-refractivity contribution is -0.146. The Kier molecular flexibility index (Phi) is 2.87. The Morgan fingerprint density at radius 3 is 2.38 bits per heavy atom. The minimum Gasteiger partial charge on any atom is -0.479 e. The molecule has 4 heteroatoms. The second-order valence-corrected chi connectivity index (χ2v) is 2.80. The van der Waals surface area contributed by atoms with Crippen molar-refractivity contribution in [2.75, 3.05) is 5.73 Å². The van der Waals surface area contributed by atoms with E-state index in [1.165, 1.54) is 0 Å². The number of nitrogen functional groups attached to an aromatic ring is 1. The number of aliphatic hydroxyl groups is 1. The summed E-state index contributed by atoms with van der Waals surface area (Å²) in [5.41, 5.74) is 6.81. The van der Waals surface area contributed by atoms with Crippen molar-refractivity contribution in [1.82, 2.24) is 0 Å². The average Bonchev–Trinajstić information content (AvgIpc) is 2.08. The van der Waals surface area contributed by atoms with Crippen molar-refractivity contribution in [2.45, 2.75) is 12.5 Å². The van der Waals surface area contributed by atoms with Crippen molar-refractivity contribution in [1.29, 1.82) is 0 Å². The molecule has 0 aromatic heterocycles. The highest BCUT2D eigenvalue weighted by Crippen LogP contribution is 2.07. The zero-order valence-corrected chi connectivity index (χ0v) is 6.97. The van der Waals surface area contributed by atoms with Gasteiger partial charge in [-0.2, -0.15) is 0 Å². The van der Waals surface area contributed by atoms with Crippen molar-refractivity contribution in [2.24, 2.45) is 0 Å². The maximum Gasteiger partial charge on any atom is 0.332 e. The van der Waals surface area contributed by atoms with Crippen LogP contribution in [0.25, 0.3) is 0 Å². The SMILES string of the molecule is Nc1ccc(CC(O)C(=O)O)cc1. The van der Waals surface area contributed by atoms with Crippen molar-refractivity contribution in [3.63, 3.8) is 0 Å². The smallest absolute Gasteiger partial charge is 0.332 e. The zero-order chi connectivity index (χ0) is 9.84. The van der Waals surface area contributed by atoms with Gasteiger partial charge in [-0.25, -0.2) is 4.79 Å². The molecule has 1 rings (SSSR count). The summed E-state index contributed by atoms with van der Waals surface area (Å²) in [6, 6.07) is 6.73. The van der Waals surface area contributed by atoms with Crippen molar-refractivity contribution < 1.29 is 15.0 Å². The van der Waals surface area contributed by atoms with Crippen LogP contribution >= 0.6 is 0 Å². The number of carboxylic acid groups (broad SMARTS) is 1. The van der Waals surface area contributed by atoms with E-state index < -0.39 is 12.1 Å². The van der Waals surface area contributed by atoms with E-state index in [1.807, 2.05) is 0 Å². The molecule has 1 atom stereocenters. The van der Waals surface area contributed by atoms with E-state index in [2.05, 4.69) is 0 Å². The molecule has 0 radical (unpaired) electrons. The standard InChI is InChI=1S/C9H11NO3/c10-7-3-1-6(2-4-7)5-8(11)9(12)13/h1-4,8,11H,5,10H2,(H,12,13). The first-order chi connectivity index (χ1) is 6.09. The Bertz CT molecular complexity index is 294. The van der Waals surface area contributed by atoms with Crippen LogP contribution in [0.15, 0.2) is 24.3 Å². The molecule has 4 N–H and O–H groups in total. The summed E-state index contributed by atoms with van der Waals surface area (Å²) in [5, 5.41) is 17.4. The van der Waals surface area contributed by atoms with Gasteiger partial charge in [0.1, 0.15) is 0 Å². The molecule has 0 spiro atoms. The highest BCUT2D eigenvalue weighted by Gasteiger charge is 2.12. The fraction of sp³-hybridized carbons (Fsp3) is 0.222. The normalized spacial score (nSPS) is 12.4. The number of rotatable bonds is 3. The van der Waals surface area contributed by atoms with E-state index in [1.54, 1.807) is 24.3 Å². The third-order valence-electron chi connectivity index (χ3n) is 1.69. The lowest BCUT2D eigenvalue weighted by atomic mass is 10.1. The van der Waals surface area contributed by atoms with Crippen LogP contribution in [0.2, 0.25) is 0 Å². The van der Waals surface area contributed by atoms with E-state index in [0.717, 1.165) is 5.56 Å². The predicted octanol–water partition coefficient (Wildman–Crippen LogP) is 0.257. The van der Waals surface area contributed by atoms with E-state index in [9.17, 15) is 4.79 Å². The fourth-order valence-corrected chi connectivity index (χ4v) is 0.964. The van der Waals surface area contributed by atoms with Crippen LogP contribution in [0.4, 0.5) is 5.69 Å². The van der Waals surface area contributed by atoms with Gasteiger partial charge in [0.05, 0.1) is 0 Å². The van der Waals surface area contributed by atoms with Crippen LogP contribution in [0.1, 0.15) is 5.56 Å². The van der Waals surface area contributed by atoms with Crippen molar-refractivity contribution in [3.05, 3.63) is 29.8 Å². The van der Waals surface area contributed by atoms with Crippen LogP contribution < -0.4 is 5.73 Å². The van der Waals surface area contributed by atoms with Gasteiger partial charge in [0.25, 0.3) is 0 Å². The molecule has 1 aromatic rings. The quantitative estimate of drug-likeness (QED) is 0.584. The summed E-state index contributed by atoms with van der Waals surface area (Å²) in [7, 11) is 0. The fourth-order valence-electron chi connectivity index (χ4n) is 0.964. The molecule has 4 nitrogen and oxygen atoms in total. The number of anilines is 1. The topological polar surface area (TPSA) is 83.5 Å². The molecule has 70 valence electrons. The second kappa shape index (κ2) is 3.91. The van der Waals surface area contributed by atoms with Gasteiger partial charge >= 0.3 is 5.97 Å². The number of aliphatic hydroxyl groups excluding tert-OH is 1. The van der Waals surface area contributed by atoms with Crippen LogP contribution in [0, 0.1) is 0 Å². The number of carbonyl (C=O) groups is 1. The number of carboxylic acids is 1. The number of nitrogens with two attached hydrogens (primary N) is 1. The van der Waals surface area contributed by atoms with Crippen LogP contribution in [0.5, 0.6) is 0 Å². The molecule has 13 heavy (non-hydrogen) atoms. The van der Waals surface area contributed by atoms with Crippen LogP contribution in [-0.2, 0) is 11.2 Å². The number of aliphatic carboxylic acids is 1. The maximum absolute atomic E-state index is 10.3. The molecule has 1 aromatic carbocycles. The van der Waals surface area contributed by atoms with Crippen molar-refractivity contribution >= 4 is 11.7 Å². The predicted molar refractivity (Wildman–Crippen MR) is 48.2 cm³/mol. The molecule has 0 amide bonds. The Balaban J connectivity index is 2.64. The highest BCUT2D eigenvalue weighted by atomic mass is 16.4.